The predicted molar refractivity (Wildman–Crippen MR) is 112 cm³/mol. The van der Waals surface area contributed by atoms with Gasteiger partial charge in [-0.25, -0.2) is 13.2 Å². The van der Waals surface area contributed by atoms with E-state index in [2.05, 4.69) is 0 Å². The van der Waals surface area contributed by atoms with Gasteiger partial charge in [-0.2, -0.15) is 4.31 Å². The van der Waals surface area contributed by atoms with Gasteiger partial charge in [0.2, 0.25) is 10.0 Å². The van der Waals surface area contributed by atoms with Crippen molar-refractivity contribution in [3.05, 3.63) is 57.6 Å². The number of piperidine rings is 1. The number of hydrogen-bond acceptors (Lipinski definition) is 4. The highest BCUT2D eigenvalue weighted by molar-refractivity contribution is 7.89. The number of ether oxygens (including phenoxy) is 1. The molecule has 2 aromatic carbocycles. The molecule has 0 atom stereocenters. The number of anilines is 1. The van der Waals surface area contributed by atoms with Crippen molar-refractivity contribution >= 4 is 45.0 Å². The lowest BCUT2D eigenvalue weighted by Gasteiger charge is -2.39. The zero-order chi connectivity index (χ0) is 20.8. The molecule has 0 aliphatic carbocycles. The third-order valence-corrected chi connectivity index (χ3v) is 7.96. The van der Waals surface area contributed by atoms with Crippen molar-refractivity contribution in [1.29, 1.82) is 0 Å². The first-order valence-electron chi connectivity index (χ1n) is 9.28. The van der Waals surface area contributed by atoms with Crippen LogP contribution in [0, 0.1) is 6.92 Å². The number of fused-ring (bicyclic) bond motifs is 1. The maximum Gasteiger partial charge on any atom is 0.414 e. The Bertz CT molecular complexity index is 1070. The van der Waals surface area contributed by atoms with E-state index in [0.29, 0.717) is 17.9 Å². The van der Waals surface area contributed by atoms with Crippen LogP contribution < -0.4 is 4.90 Å². The van der Waals surface area contributed by atoms with Gasteiger partial charge in [-0.05, 0) is 44.0 Å². The maximum absolute atomic E-state index is 13.0. The molecule has 29 heavy (non-hydrogen) atoms. The number of rotatable bonds is 3. The topological polar surface area (TPSA) is 66.9 Å². The van der Waals surface area contributed by atoms with Crippen LogP contribution in [0.1, 0.15) is 24.0 Å². The number of nitrogens with zero attached hydrogens (tertiary/aromatic N) is 2. The van der Waals surface area contributed by atoms with Crippen LogP contribution in [0.2, 0.25) is 10.0 Å². The summed E-state index contributed by atoms with van der Waals surface area (Å²) in [6.07, 6.45) is 0.611. The van der Waals surface area contributed by atoms with Crippen LogP contribution in [0.4, 0.5) is 10.5 Å². The van der Waals surface area contributed by atoms with Gasteiger partial charge in [0.15, 0.2) is 0 Å². The number of amides is 1. The smallest absolute Gasteiger partial charge is 0.414 e. The molecule has 1 saturated heterocycles. The third kappa shape index (κ3) is 3.84. The van der Waals surface area contributed by atoms with Crippen LogP contribution in [0.25, 0.3) is 0 Å². The standard InChI is InChI=1S/C20H20Cl2N2O4S/c1-13-2-5-18-14(10-13)12-28-20(25)24(18)16-6-8-23(9-7-16)29(26,27)19-11-15(21)3-4-17(19)22/h2-5,10-11,16H,6-9,12H2,1H3. The van der Waals surface area contributed by atoms with Gasteiger partial charge >= 0.3 is 6.09 Å². The molecule has 4 rings (SSSR count). The molecule has 1 amide bonds. The van der Waals surface area contributed by atoms with Crippen molar-refractivity contribution in [2.75, 3.05) is 18.0 Å². The van der Waals surface area contributed by atoms with E-state index in [1.807, 2.05) is 25.1 Å². The summed E-state index contributed by atoms with van der Waals surface area (Å²) in [7, 11) is -3.77. The summed E-state index contributed by atoms with van der Waals surface area (Å²) in [6, 6.07) is 10.2. The normalized spacial score (nSPS) is 18.4. The zero-order valence-electron chi connectivity index (χ0n) is 15.8. The highest BCUT2D eigenvalue weighted by atomic mass is 35.5. The summed E-state index contributed by atoms with van der Waals surface area (Å²) in [5.41, 5.74) is 2.90. The first-order valence-corrected chi connectivity index (χ1v) is 11.5. The molecular weight excluding hydrogens is 435 g/mol. The lowest BCUT2D eigenvalue weighted by atomic mass is 10.0. The van der Waals surface area contributed by atoms with Crippen molar-refractivity contribution in [2.45, 2.75) is 37.3 Å². The number of halogens is 2. The molecule has 2 heterocycles. The molecule has 2 aromatic rings. The Morgan fingerprint density at radius 1 is 1.07 bits per heavy atom. The van der Waals surface area contributed by atoms with Gasteiger partial charge in [0.25, 0.3) is 0 Å². The largest absolute Gasteiger partial charge is 0.444 e. The molecule has 0 saturated carbocycles. The van der Waals surface area contributed by atoms with Gasteiger partial charge in [-0.1, -0.05) is 40.9 Å². The highest BCUT2D eigenvalue weighted by Gasteiger charge is 2.37. The average molecular weight is 455 g/mol. The van der Waals surface area contributed by atoms with Crippen LogP contribution in [0.5, 0.6) is 0 Å². The molecule has 2 aliphatic rings. The second-order valence-corrected chi connectivity index (χ2v) is 10.0. The molecule has 0 radical (unpaired) electrons. The Balaban J connectivity index is 1.54. The SMILES string of the molecule is Cc1ccc2c(c1)COC(=O)N2C1CCN(S(=O)(=O)c2cc(Cl)ccc2Cl)CC1. The van der Waals surface area contributed by atoms with Crippen LogP contribution in [0.3, 0.4) is 0 Å². The number of aryl methyl sites for hydroxylation is 1. The van der Waals surface area contributed by atoms with Crippen molar-refractivity contribution in [3.8, 4) is 0 Å². The number of benzene rings is 2. The molecule has 9 heteroatoms. The number of carbonyl (C=O) groups is 1. The van der Waals surface area contributed by atoms with Crippen LogP contribution in [-0.4, -0.2) is 37.9 Å². The minimum Gasteiger partial charge on any atom is -0.444 e. The number of carbonyl (C=O) groups excluding carboxylic acids is 1. The lowest BCUT2D eigenvalue weighted by molar-refractivity contribution is 0.135. The van der Waals surface area contributed by atoms with Gasteiger partial charge in [0.05, 0.1) is 10.7 Å². The van der Waals surface area contributed by atoms with E-state index in [9.17, 15) is 13.2 Å². The van der Waals surface area contributed by atoms with Crippen LogP contribution >= 0.6 is 23.2 Å². The van der Waals surface area contributed by atoms with E-state index in [-0.39, 0.29) is 41.7 Å². The summed E-state index contributed by atoms with van der Waals surface area (Å²) in [4.78, 5) is 14.1. The monoisotopic (exact) mass is 454 g/mol. The third-order valence-electron chi connectivity index (χ3n) is 5.34. The quantitative estimate of drug-likeness (QED) is 0.678. The minimum atomic E-state index is -3.77. The Kier molecular flexibility index (Phi) is 5.50. The molecule has 0 spiro atoms. The summed E-state index contributed by atoms with van der Waals surface area (Å²) in [5.74, 6) is 0. The van der Waals surface area contributed by atoms with Gasteiger partial charge in [0, 0.05) is 29.7 Å². The Hall–Kier alpha value is -1.80. The average Bonchev–Trinajstić information content (AvgIpc) is 2.70. The fourth-order valence-corrected chi connectivity index (χ4v) is 6.08. The summed E-state index contributed by atoms with van der Waals surface area (Å²) in [5, 5.41) is 0.450. The van der Waals surface area contributed by atoms with Gasteiger partial charge in [-0.3, -0.25) is 4.90 Å². The summed E-state index contributed by atoms with van der Waals surface area (Å²) in [6.45, 7) is 2.81. The molecule has 0 aromatic heterocycles. The van der Waals surface area contributed by atoms with Crippen molar-refractivity contribution < 1.29 is 17.9 Å². The maximum atomic E-state index is 13.0. The minimum absolute atomic E-state index is 0.00307. The lowest BCUT2D eigenvalue weighted by Crippen LogP contribution is -2.50. The number of sulfonamides is 1. The van der Waals surface area contributed by atoms with E-state index in [1.165, 1.54) is 16.4 Å². The van der Waals surface area contributed by atoms with E-state index in [4.69, 9.17) is 27.9 Å². The number of hydrogen-bond donors (Lipinski definition) is 0. The predicted octanol–water partition coefficient (Wildman–Crippen LogP) is 4.61. The molecule has 6 nitrogen and oxygen atoms in total. The van der Waals surface area contributed by atoms with Gasteiger partial charge in [0.1, 0.15) is 11.5 Å². The van der Waals surface area contributed by atoms with E-state index < -0.39 is 10.0 Å². The Morgan fingerprint density at radius 3 is 2.52 bits per heavy atom. The Labute approximate surface area is 180 Å². The molecule has 1 fully saturated rings. The molecule has 154 valence electrons. The molecule has 0 unspecified atom stereocenters. The van der Waals surface area contributed by atoms with Gasteiger partial charge in [-0.15, -0.1) is 0 Å². The fourth-order valence-electron chi connectivity index (χ4n) is 3.87. The van der Waals surface area contributed by atoms with E-state index in [0.717, 1.165) is 16.8 Å². The van der Waals surface area contributed by atoms with E-state index in [1.54, 1.807) is 11.0 Å². The molecular formula is C20H20Cl2N2O4S. The van der Waals surface area contributed by atoms with E-state index >= 15 is 0 Å². The second-order valence-electron chi connectivity index (χ2n) is 7.27. The fraction of sp³-hybridized carbons (Fsp3) is 0.350. The first kappa shape index (κ1) is 20.5. The van der Waals surface area contributed by atoms with Crippen molar-refractivity contribution in [1.82, 2.24) is 4.31 Å². The number of cyclic esters (lactones) is 1. The zero-order valence-corrected chi connectivity index (χ0v) is 18.1. The van der Waals surface area contributed by atoms with Crippen molar-refractivity contribution in [2.24, 2.45) is 0 Å². The van der Waals surface area contributed by atoms with Crippen molar-refractivity contribution in [3.63, 3.8) is 0 Å². The molecule has 0 N–H and O–H groups in total. The molecule has 2 aliphatic heterocycles. The van der Waals surface area contributed by atoms with Crippen LogP contribution in [-0.2, 0) is 21.4 Å². The van der Waals surface area contributed by atoms with Crippen LogP contribution in [0.15, 0.2) is 41.3 Å². The summed E-state index contributed by atoms with van der Waals surface area (Å²) >= 11 is 12.1. The summed E-state index contributed by atoms with van der Waals surface area (Å²) < 4.78 is 32.8. The first-order chi connectivity index (χ1) is 13.8. The van der Waals surface area contributed by atoms with Gasteiger partial charge < -0.3 is 4.74 Å². The molecule has 0 bridgehead atoms. The Morgan fingerprint density at radius 2 is 1.79 bits per heavy atom. The second kappa shape index (κ2) is 7.80. The highest BCUT2D eigenvalue weighted by Crippen LogP contribution is 2.34.